The molecular weight excluding hydrogens is 350 g/mol. The molecule has 1 N–H and O–H groups in total. The topological polar surface area (TPSA) is 84.9 Å². The van der Waals surface area contributed by atoms with E-state index < -0.39 is 0 Å². The fourth-order valence-electron chi connectivity index (χ4n) is 2.80. The van der Waals surface area contributed by atoms with Gasteiger partial charge in [-0.1, -0.05) is 48.2 Å². The first kappa shape index (κ1) is 15.2. The second kappa shape index (κ2) is 6.30. The lowest BCUT2D eigenvalue weighted by Crippen LogP contribution is -2.32. The fraction of sp³-hybridized carbons (Fsp3) is 0.111. The molecule has 0 saturated heterocycles. The molecule has 26 heavy (non-hydrogen) atoms. The van der Waals surface area contributed by atoms with Gasteiger partial charge in [-0.05, 0) is 18.2 Å². The molecule has 7 nitrogen and oxygen atoms in total. The van der Waals surface area contributed by atoms with Crippen LogP contribution in [0.2, 0.25) is 0 Å². The van der Waals surface area contributed by atoms with Gasteiger partial charge in [0.25, 0.3) is 5.22 Å². The monoisotopic (exact) mass is 363 g/mol. The van der Waals surface area contributed by atoms with Crippen LogP contribution in [-0.2, 0) is 4.74 Å². The van der Waals surface area contributed by atoms with Crippen LogP contribution in [-0.4, -0.2) is 33.8 Å². The highest BCUT2D eigenvalue weighted by Crippen LogP contribution is 2.29. The molecule has 1 aromatic heterocycles. The predicted molar refractivity (Wildman–Crippen MR) is 99.4 cm³/mol. The highest BCUT2D eigenvalue weighted by Gasteiger charge is 2.32. The van der Waals surface area contributed by atoms with E-state index in [1.807, 2.05) is 54.6 Å². The van der Waals surface area contributed by atoms with Crippen molar-refractivity contribution in [3.8, 4) is 11.5 Å². The van der Waals surface area contributed by atoms with Crippen LogP contribution in [0.1, 0.15) is 5.56 Å². The van der Waals surface area contributed by atoms with Crippen molar-refractivity contribution in [2.24, 2.45) is 10.2 Å². The number of anilines is 1. The molecule has 2 aromatic carbocycles. The zero-order valence-electron chi connectivity index (χ0n) is 13.5. The Kier molecular flexibility index (Phi) is 3.67. The molecule has 2 aliphatic heterocycles. The summed E-state index contributed by atoms with van der Waals surface area (Å²) in [6, 6.07) is 17.6. The van der Waals surface area contributed by atoms with Crippen LogP contribution < -0.4 is 5.32 Å². The summed E-state index contributed by atoms with van der Waals surface area (Å²) >= 11 is 1.37. The second-order valence-electron chi connectivity index (χ2n) is 5.69. The van der Waals surface area contributed by atoms with Crippen molar-refractivity contribution in [1.29, 1.82) is 0 Å². The van der Waals surface area contributed by atoms with Crippen molar-refractivity contribution in [3.05, 3.63) is 60.2 Å². The molecule has 0 aliphatic carbocycles. The number of nitrogens with zero attached hydrogens (tertiary/aromatic N) is 4. The Bertz CT molecular complexity index is 1020. The van der Waals surface area contributed by atoms with Gasteiger partial charge in [-0.15, -0.1) is 20.4 Å². The zero-order chi connectivity index (χ0) is 17.3. The average molecular weight is 363 g/mol. The predicted octanol–water partition coefficient (Wildman–Crippen LogP) is 3.41. The molecule has 1 unspecified atom stereocenters. The summed E-state index contributed by atoms with van der Waals surface area (Å²) in [6.07, 6.45) is -0.303. The van der Waals surface area contributed by atoms with Crippen molar-refractivity contribution in [1.82, 2.24) is 10.2 Å². The molecule has 0 amide bonds. The van der Waals surface area contributed by atoms with E-state index >= 15 is 0 Å². The van der Waals surface area contributed by atoms with Crippen molar-refractivity contribution in [2.45, 2.75) is 11.5 Å². The van der Waals surface area contributed by atoms with Gasteiger partial charge in [0, 0.05) is 16.8 Å². The smallest absolute Gasteiger partial charge is 0.277 e. The Balaban J connectivity index is 1.27. The van der Waals surface area contributed by atoms with Gasteiger partial charge >= 0.3 is 0 Å². The van der Waals surface area contributed by atoms with Crippen molar-refractivity contribution >= 4 is 29.1 Å². The summed E-state index contributed by atoms with van der Waals surface area (Å²) in [7, 11) is 0. The molecule has 8 heteroatoms. The first-order valence-corrected chi connectivity index (χ1v) is 9.04. The van der Waals surface area contributed by atoms with Crippen LogP contribution in [0.15, 0.2) is 74.4 Å². The number of hydrogen-bond donors (Lipinski definition) is 1. The third-order valence-corrected chi connectivity index (χ3v) is 4.81. The molecule has 3 aromatic rings. The summed E-state index contributed by atoms with van der Waals surface area (Å²) in [5, 5.41) is 20.4. The minimum atomic E-state index is -0.303. The van der Waals surface area contributed by atoms with Crippen LogP contribution in [0.3, 0.4) is 0 Å². The third kappa shape index (κ3) is 2.74. The maximum atomic E-state index is 5.90. The Morgan fingerprint density at radius 3 is 2.73 bits per heavy atom. The summed E-state index contributed by atoms with van der Waals surface area (Å²) < 4.78 is 11.6. The lowest BCUT2D eigenvalue weighted by Gasteiger charge is -2.18. The van der Waals surface area contributed by atoms with E-state index in [1.54, 1.807) is 0 Å². The zero-order valence-corrected chi connectivity index (χ0v) is 14.3. The van der Waals surface area contributed by atoms with Gasteiger partial charge in [0.15, 0.2) is 0 Å². The Morgan fingerprint density at radius 1 is 0.962 bits per heavy atom. The molecule has 5 rings (SSSR count). The third-order valence-electron chi connectivity index (χ3n) is 4.01. The van der Waals surface area contributed by atoms with Crippen LogP contribution in [0, 0.1) is 0 Å². The second-order valence-corrected chi connectivity index (χ2v) is 6.62. The largest absolute Gasteiger partial charge is 0.449 e. The summed E-state index contributed by atoms with van der Waals surface area (Å²) in [6.45, 7) is 0. The minimum Gasteiger partial charge on any atom is -0.449 e. The highest BCUT2D eigenvalue weighted by atomic mass is 32.2. The lowest BCUT2D eigenvalue weighted by atomic mass is 10.1. The Labute approximate surface area is 153 Å². The highest BCUT2D eigenvalue weighted by molar-refractivity contribution is 7.99. The average Bonchev–Trinajstić information content (AvgIpc) is 3.31. The van der Waals surface area contributed by atoms with Crippen molar-refractivity contribution in [3.63, 3.8) is 0 Å². The van der Waals surface area contributed by atoms with Crippen molar-refractivity contribution < 1.29 is 9.15 Å². The van der Waals surface area contributed by atoms with E-state index in [2.05, 4.69) is 25.7 Å². The number of thioether (sulfide) groups is 1. The van der Waals surface area contributed by atoms with Gasteiger partial charge in [0.1, 0.15) is 5.71 Å². The number of rotatable bonds is 4. The summed E-state index contributed by atoms with van der Waals surface area (Å²) in [5.41, 5.74) is 3.72. The molecular formula is C18H13N5O2S. The van der Waals surface area contributed by atoms with E-state index in [-0.39, 0.29) is 6.23 Å². The maximum Gasteiger partial charge on any atom is 0.277 e. The lowest BCUT2D eigenvalue weighted by molar-refractivity contribution is 0.276. The Hall–Kier alpha value is -3.13. The molecule has 128 valence electrons. The molecule has 2 aliphatic rings. The molecule has 0 spiro atoms. The SMILES string of the molecule is c1ccc(-c2nnc(SCC3=NN=C4c5ccccc5NC4O3)o2)cc1. The van der Waals surface area contributed by atoms with E-state index in [4.69, 9.17) is 9.15 Å². The summed E-state index contributed by atoms with van der Waals surface area (Å²) in [4.78, 5) is 0. The van der Waals surface area contributed by atoms with Crippen LogP contribution in [0.25, 0.3) is 11.5 Å². The van der Waals surface area contributed by atoms with Gasteiger partial charge in [0.2, 0.25) is 18.0 Å². The fourth-order valence-corrected chi connectivity index (χ4v) is 3.40. The number of hydrogen-bond acceptors (Lipinski definition) is 8. The van der Waals surface area contributed by atoms with Gasteiger partial charge in [-0.2, -0.15) is 0 Å². The van der Waals surface area contributed by atoms with E-state index in [1.165, 1.54) is 11.8 Å². The maximum absolute atomic E-state index is 5.90. The first-order valence-electron chi connectivity index (χ1n) is 8.05. The molecule has 0 saturated carbocycles. The molecule has 0 fully saturated rings. The van der Waals surface area contributed by atoms with Gasteiger partial charge < -0.3 is 14.5 Å². The standard InChI is InChI=1S/C18H13N5O2S/c1-2-6-11(7-3-1)16-22-23-18(25-16)26-10-14-20-21-15-12-8-4-5-9-13(12)19-17(15)24-14/h1-9,17,19H,10H2. The van der Waals surface area contributed by atoms with E-state index in [0.717, 1.165) is 22.5 Å². The molecule has 0 radical (unpaired) electrons. The van der Waals surface area contributed by atoms with E-state index in [0.29, 0.717) is 22.8 Å². The van der Waals surface area contributed by atoms with E-state index in [9.17, 15) is 0 Å². The molecule has 1 atom stereocenters. The molecule has 3 heterocycles. The van der Waals surface area contributed by atoms with Crippen LogP contribution in [0.4, 0.5) is 5.69 Å². The quantitative estimate of drug-likeness (QED) is 0.715. The van der Waals surface area contributed by atoms with Crippen LogP contribution in [0.5, 0.6) is 0 Å². The van der Waals surface area contributed by atoms with Crippen molar-refractivity contribution in [2.75, 3.05) is 11.1 Å². The number of aromatic nitrogens is 2. The normalized spacial score (nSPS) is 17.5. The van der Waals surface area contributed by atoms with Gasteiger partial charge in [-0.3, -0.25) is 0 Å². The number of ether oxygens (including phenoxy) is 1. The number of nitrogens with one attached hydrogen (secondary N) is 1. The van der Waals surface area contributed by atoms with Gasteiger partial charge in [0.05, 0.1) is 5.75 Å². The first-order chi connectivity index (χ1) is 12.9. The minimum absolute atomic E-state index is 0.303. The Morgan fingerprint density at radius 2 is 1.81 bits per heavy atom. The summed E-state index contributed by atoms with van der Waals surface area (Å²) in [5.74, 6) is 1.47. The number of benzene rings is 2. The molecule has 0 bridgehead atoms. The van der Waals surface area contributed by atoms with Gasteiger partial charge in [-0.25, -0.2) is 0 Å². The van der Waals surface area contributed by atoms with Crippen LogP contribution >= 0.6 is 11.8 Å². The number of fused-ring (bicyclic) bond motifs is 3. The number of para-hydroxylation sites is 1.